The van der Waals surface area contributed by atoms with Crippen LogP contribution in [-0.4, -0.2) is 44.5 Å². The number of piperidine rings is 1. The minimum absolute atomic E-state index is 0.357. The standard InChI is InChI=1S/C20H28N2O2/c1-4-17-15(2)21-19-8-6-5-7-18(19)20(17)22-11-9-16(10-12-22)24-14-13-23-3/h5-8,16H,4,9-14H2,1-3H3. The number of pyridine rings is 1. The number of anilines is 1. The molecule has 2 aromatic rings. The van der Waals surface area contributed by atoms with Crippen molar-refractivity contribution in [3.63, 3.8) is 0 Å². The molecule has 1 aromatic heterocycles. The summed E-state index contributed by atoms with van der Waals surface area (Å²) in [5.74, 6) is 0. The quantitative estimate of drug-likeness (QED) is 0.757. The lowest BCUT2D eigenvalue weighted by Gasteiger charge is -2.35. The molecule has 0 unspecified atom stereocenters. The SMILES string of the molecule is CCc1c(C)nc2ccccc2c1N1CCC(OCCOC)CC1. The van der Waals surface area contributed by atoms with E-state index in [1.165, 1.54) is 16.6 Å². The minimum atomic E-state index is 0.357. The van der Waals surface area contributed by atoms with Gasteiger partial charge in [-0.15, -0.1) is 0 Å². The van der Waals surface area contributed by atoms with Crippen molar-refractivity contribution in [2.75, 3.05) is 38.3 Å². The molecule has 0 atom stereocenters. The molecule has 0 amide bonds. The molecular formula is C20H28N2O2. The van der Waals surface area contributed by atoms with Gasteiger partial charge in [0.2, 0.25) is 0 Å². The number of nitrogens with zero attached hydrogens (tertiary/aromatic N) is 2. The summed E-state index contributed by atoms with van der Waals surface area (Å²) in [6.07, 6.45) is 3.52. The van der Waals surface area contributed by atoms with Crippen LogP contribution in [0, 0.1) is 6.92 Å². The van der Waals surface area contributed by atoms with Gasteiger partial charge in [-0.25, -0.2) is 0 Å². The van der Waals surface area contributed by atoms with Gasteiger partial charge in [-0.2, -0.15) is 0 Å². The predicted octanol–water partition coefficient (Wildman–Crippen LogP) is 3.74. The Morgan fingerprint density at radius 3 is 2.62 bits per heavy atom. The van der Waals surface area contributed by atoms with Gasteiger partial charge in [0.1, 0.15) is 0 Å². The van der Waals surface area contributed by atoms with E-state index in [-0.39, 0.29) is 0 Å². The fourth-order valence-electron chi connectivity index (χ4n) is 3.68. The van der Waals surface area contributed by atoms with Crippen molar-refractivity contribution in [1.29, 1.82) is 0 Å². The second-order valence-electron chi connectivity index (χ2n) is 6.45. The molecular weight excluding hydrogens is 300 g/mol. The lowest BCUT2D eigenvalue weighted by Crippen LogP contribution is -2.38. The highest BCUT2D eigenvalue weighted by atomic mass is 16.5. The summed E-state index contributed by atoms with van der Waals surface area (Å²) < 4.78 is 11.0. The van der Waals surface area contributed by atoms with Crippen molar-refractivity contribution in [2.24, 2.45) is 0 Å². The van der Waals surface area contributed by atoms with E-state index in [1.54, 1.807) is 7.11 Å². The number of hydrogen-bond acceptors (Lipinski definition) is 4. The van der Waals surface area contributed by atoms with Crippen LogP contribution in [0.3, 0.4) is 0 Å². The number of aryl methyl sites for hydroxylation is 1. The zero-order chi connectivity index (χ0) is 16.9. The van der Waals surface area contributed by atoms with Crippen LogP contribution < -0.4 is 4.90 Å². The topological polar surface area (TPSA) is 34.6 Å². The minimum Gasteiger partial charge on any atom is -0.382 e. The Bertz CT molecular complexity index is 679. The molecule has 0 aliphatic carbocycles. The van der Waals surface area contributed by atoms with Crippen LogP contribution in [-0.2, 0) is 15.9 Å². The van der Waals surface area contributed by atoms with Gasteiger partial charge in [-0.1, -0.05) is 25.1 Å². The average molecular weight is 328 g/mol. The van der Waals surface area contributed by atoms with Gasteiger partial charge in [-0.05, 0) is 37.8 Å². The van der Waals surface area contributed by atoms with Gasteiger partial charge in [0, 0.05) is 31.3 Å². The third-order valence-electron chi connectivity index (χ3n) is 4.92. The first-order valence-corrected chi connectivity index (χ1v) is 8.98. The smallest absolute Gasteiger partial charge is 0.0726 e. The molecule has 1 aliphatic rings. The van der Waals surface area contributed by atoms with E-state index in [4.69, 9.17) is 14.5 Å². The average Bonchev–Trinajstić information content (AvgIpc) is 2.61. The highest BCUT2D eigenvalue weighted by Gasteiger charge is 2.23. The normalized spacial score (nSPS) is 16.0. The summed E-state index contributed by atoms with van der Waals surface area (Å²) >= 11 is 0. The number of ether oxygens (including phenoxy) is 2. The lowest BCUT2D eigenvalue weighted by molar-refractivity contribution is 0.00611. The molecule has 1 aromatic carbocycles. The Morgan fingerprint density at radius 1 is 1.17 bits per heavy atom. The van der Waals surface area contributed by atoms with E-state index in [0.29, 0.717) is 19.3 Å². The summed E-state index contributed by atoms with van der Waals surface area (Å²) in [6.45, 7) is 7.81. The van der Waals surface area contributed by atoms with Gasteiger partial charge in [0.25, 0.3) is 0 Å². The first-order valence-electron chi connectivity index (χ1n) is 8.98. The lowest BCUT2D eigenvalue weighted by atomic mass is 10.00. The van der Waals surface area contributed by atoms with E-state index >= 15 is 0 Å². The van der Waals surface area contributed by atoms with E-state index in [9.17, 15) is 0 Å². The van der Waals surface area contributed by atoms with Crippen LogP contribution in [0.4, 0.5) is 5.69 Å². The second-order valence-corrected chi connectivity index (χ2v) is 6.45. The fraction of sp³-hybridized carbons (Fsp3) is 0.550. The van der Waals surface area contributed by atoms with Crippen molar-refractivity contribution in [2.45, 2.75) is 39.2 Å². The van der Waals surface area contributed by atoms with E-state index in [0.717, 1.165) is 43.6 Å². The van der Waals surface area contributed by atoms with Crippen molar-refractivity contribution in [1.82, 2.24) is 4.98 Å². The Morgan fingerprint density at radius 2 is 1.92 bits per heavy atom. The molecule has 3 rings (SSSR count). The molecule has 0 spiro atoms. The predicted molar refractivity (Wildman–Crippen MR) is 98.9 cm³/mol. The second kappa shape index (κ2) is 7.95. The molecule has 4 nitrogen and oxygen atoms in total. The van der Waals surface area contributed by atoms with Gasteiger partial charge >= 0.3 is 0 Å². The molecule has 0 N–H and O–H groups in total. The molecule has 0 bridgehead atoms. The Hall–Kier alpha value is -1.65. The van der Waals surface area contributed by atoms with E-state index in [2.05, 4.69) is 43.0 Å². The number of hydrogen-bond donors (Lipinski definition) is 0. The third-order valence-corrected chi connectivity index (χ3v) is 4.92. The summed E-state index contributed by atoms with van der Waals surface area (Å²) in [7, 11) is 1.72. The third kappa shape index (κ3) is 3.55. The van der Waals surface area contributed by atoms with Crippen molar-refractivity contribution in [3.8, 4) is 0 Å². The number of methoxy groups -OCH3 is 1. The van der Waals surface area contributed by atoms with E-state index in [1.807, 2.05) is 0 Å². The largest absolute Gasteiger partial charge is 0.382 e. The molecule has 2 heterocycles. The van der Waals surface area contributed by atoms with Crippen LogP contribution in [0.25, 0.3) is 10.9 Å². The fourth-order valence-corrected chi connectivity index (χ4v) is 3.68. The maximum Gasteiger partial charge on any atom is 0.0726 e. The summed E-state index contributed by atoms with van der Waals surface area (Å²) in [5.41, 5.74) is 5.02. The molecule has 4 heteroatoms. The highest BCUT2D eigenvalue weighted by molar-refractivity contribution is 5.94. The van der Waals surface area contributed by atoms with Gasteiger partial charge in [0.05, 0.1) is 30.5 Å². The number of aromatic nitrogens is 1. The maximum atomic E-state index is 5.91. The molecule has 0 saturated carbocycles. The van der Waals surface area contributed by atoms with Crippen molar-refractivity contribution in [3.05, 3.63) is 35.5 Å². The van der Waals surface area contributed by atoms with Crippen LogP contribution in [0.15, 0.2) is 24.3 Å². The molecule has 24 heavy (non-hydrogen) atoms. The Kier molecular flexibility index (Phi) is 5.69. The van der Waals surface area contributed by atoms with Crippen LogP contribution in [0.5, 0.6) is 0 Å². The number of fused-ring (bicyclic) bond motifs is 1. The van der Waals surface area contributed by atoms with E-state index < -0.39 is 0 Å². The zero-order valence-corrected chi connectivity index (χ0v) is 15.0. The van der Waals surface area contributed by atoms with Gasteiger partial charge in [-0.3, -0.25) is 4.98 Å². The van der Waals surface area contributed by atoms with Gasteiger partial charge in [0.15, 0.2) is 0 Å². The van der Waals surface area contributed by atoms with Crippen LogP contribution in [0.1, 0.15) is 31.0 Å². The first kappa shape index (κ1) is 17.2. The Labute approximate surface area is 144 Å². The molecule has 1 fully saturated rings. The zero-order valence-electron chi connectivity index (χ0n) is 15.0. The van der Waals surface area contributed by atoms with Crippen molar-refractivity contribution < 1.29 is 9.47 Å². The number of rotatable bonds is 6. The summed E-state index contributed by atoms with van der Waals surface area (Å²) in [4.78, 5) is 7.34. The number of benzene rings is 1. The molecule has 1 saturated heterocycles. The molecule has 130 valence electrons. The molecule has 0 radical (unpaired) electrons. The van der Waals surface area contributed by atoms with Crippen LogP contribution >= 0.6 is 0 Å². The Balaban J connectivity index is 1.82. The van der Waals surface area contributed by atoms with Gasteiger partial charge < -0.3 is 14.4 Å². The molecule has 1 aliphatic heterocycles. The summed E-state index contributed by atoms with van der Waals surface area (Å²) in [6, 6.07) is 8.51. The highest BCUT2D eigenvalue weighted by Crippen LogP contribution is 2.34. The number of para-hydroxylation sites is 1. The first-order chi connectivity index (χ1) is 11.7. The van der Waals surface area contributed by atoms with Crippen molar-refractivity contribution >= 4 is 16.6 Å². The monoisotopic (exact) mass is 328 g/mol. The maximum absolute atomic E-state index is 5.91. The summed E-state index contributed by atoms with van der Waals surface area (Å²) in [5, 5.41) is 1.28. The van der Waals surface area contributed by atoms with Crippen LogP contribution in [0.2, 0.25) is 0 Å².